The van der Waals surface area contributed by atoms with Gasteiger partial charge in [-0.25, -0.2) is 0 Å². The highest BCUT2D eigenvalue weighted by atomic mass is 16.6. The lowest BCUT2D eigenvalue weighted by atomic mass is 9.86. The second-order valence-electron chi connectivity index (χ2n) is 9.13. The lowest BCUT2D eigenvalue weighted by Gasteiger charge is -2.40. The number of esters is 1. The fourth-order valence-corrected chi connectivity index (χ4v) is 3.85. The van der Waals surface area contributed by atoms with E-state index in [-0.39, 0.29) is 11.6 Å². The third kappa shape index (κ3) is 12.5. The molecular formula is C24H47NO2. The summed E-state index contributed by atoms with van der Waals surface area (Å²) in [6, 6.07) is 0. The molecule has 0 aliphatic carbocycles. The molecule has 1 rings (SSSR count). The smallest absolute Gasteiger partial charge is 0.306 e. The van der Waals surface area contributed by atoms with Gasteiger partial charge in [-0.2, -0.15) is 0 Å². The molecule has 0 unspecified atom stereocenters. The fraction of sp³-hybridized carbons (Fsp3) is 0.958. The number of carbonyl (C=O) groups is 1. The summed E-state index contributed by atoms with van der Waals surface area (Å²) in [6.07, 6.45) is 20.9. The molecule has 27 heavy (non-hydrogen) atoms. The zero-order valence-corrected chi connectivity index (χ0v) is 18.6. The van der Waals surface area contributed by atoms with Gasteiger partial charge in [0.25, 0.3) is 0 Å². The molecule has 0 radical (unpaired) electrons. The van der Waals surface area contributed by atoms with E-state index in [0.717, 1.165) is 25.9 Å². The molecule has 0 aromatic heterocycles. The Morgan fingerprint density at radius 2 is 1.19 bits per heavy atom. The first-order valence-electron chi connectivity index (χ1n) is 12.0. The number of carbonyl (C=O) groups excluding carboxylic acids is 1. The van der Waals surface area contributed by atoms with E-state index in [1.165, 1.54) is 83.5 Å². The molecule has 3 heteroatoms. The van der Waals surface area contributed by atoms with Crippen LogP contribution in [0.15, 0.2) is 0 Å². The summed E-state index contributed by atoms with van der Waals surface area (Å²) in [5.74, 6) is 0.462. The average Bonchev–Trinajstić information content (AvgIpc) is 2.55. The van der Waals surface area contributed by atoms with Gasteiger partial charge in [-0.1, -0.05) is 96.8 Å². The van der Waals surface area contributed by atoms with Crippen LogP contribution in [0, 0.1) is 5.92 Å². The SMILES string of the molecule is CCCCCCCCCCCCCCCCCC(=O)OC(C)(C)C1CNC1. The molecule has 1 aliphatic heterocycles. The monoisotopic (exact) mass is 381 g/mol. The van der Waals surface area contributed by atoms with Crippen LogP contribution in [-0.2, 0) is 9.53 Å². The maximum atomic E-state index is 12.0. The van der Waals surface area contributed by atoms with Gasteiger partial charge in [0.15, 0.2) is 0 Å². The first-order valence-corrected chi connectivity index (χ1v) is 12.0. The van der Waals surface area contributed by atoms with E-state index in [2.05, 4.69) is 12.2 Å². The van der Waals surface area contributed by atoms with E-state index in [0.29, 0.717) is 12.3 Å². The van der Waals surface area contributed by atoms with Crippen LogP contribution in [0.2, 0.25) is 0 Å². The molecule has 1 N–H and O–H groups in total. The zero-order valence-electron chi connectivity index (χ0n) is 18.6. The number of unbranched alkanes of at least 4 members (excludes halogenated alkanes) is 14. The Kier molecular flexibility index (Phi) is 13.9. The summed E-state index contributed by atoms with van der Waals surface area (Å²) in [6.45, 7) is 8.31. The summed E-state index contributed by atoms with van der Waals surface area (Å²) in [4.78, 5) is 12.0. The van der Waals surface area contributed by atoms with Gasteiger partial charge in [-0.3, -0.25) is 4.79 Å². The molecule has 1 saturated heterocycles. The van der Waals surface area contributed by atoms with Gasteiger partial charge >= 0.3 is 5.97 Å². The number of hydrogen-bond donors (Lipinski definition) is 1. The average molecular weight is 382 g/mol. The predicted octanol–water partition coefficient (Wildman–Crippen LogP) is 6.79. The van der Waals surface area contributed by atoms with Gasteiger partial charge in [0.1, 0.15) is 5.60 Å². The molecule has 160 valence electrons. The first kappa shape index (κ1) is 24.5. The summed E-state index contributed by atoms with van der Waals surface area (Å²) in [5, 5.41) is 3.25. The van der Waals surface area contributed by atoms with Crippen molar-refractivity contribution in [1.82, 2.24) is 5.32 Å². The summed E-state index contributed by atoms with van der Waals surface area (Å²) < 4.78 is 5.68. The van der Waals surface area contributed by atoms with Crippen LogP contribution in [0.5, 0.6) is 0 Å². The Bertz CT molecular complexity index is 363. The van der Waals surface area contributed by atoms with E-state index in [1.54, 1.807) is 0 Å². The van der Waals surface area contributed by atoms with Gasteiger partial charge in [-0.15, -0.1) is 0 Å². The third-order valence-electron chi connectivity index (χ3n) is 6.13. The Morgan fingerprint density at radius 1 is 0.778 bits per heavy atom. The van der Waals surface area contributed by atoms with Crippen molar-refractivity contribution in [3.63, 3.8) is 0 Å². The Labute approximate surface area is 169 Å². The van der Waals surface area contributed by atoms with Crippen molar-refractivity contribution < 1.29 is 9.53 Å². The summed E-state index contributed by atoms with van der Waals surface area (Å²) >= 11 is 0. The van der Waals surface area contributed by atoms with Crippen LogP contribution in [0.4, 0.5) is 0 Å². The van der Waals surface area contributed by atoms with Crippen LogP contribution < -0.4 is 5.32 Å². The number of hydrogen-bond acceptors (Lipinski definition) is 3. The highest BCUT2D eigenvalue weighted by Gasteiger charge is 2.36. The number of ether oxygens (including phenoxy) is 1. The fourth-order valence-electron chi connectivity index (χ4n) is 3.85. The van der Waals surface area contributed by atoms with Gasteiger partial charge in [-0.05, 0) is 20.3 Å². The lowest BCUT2D eigenvalue weighted by molar-refractivity contribution is -0.163. The number of nitrogens with one attached hydrogen (secondary N) is 1. The summed E-state index contributed by atoms with van der Waals surface area (Å²) in [5.41, 5.74) is -0.308. The molecule has 1 heterocycles. The predicted molar refractivity (Wildman–Crippen MR) is 116 cm³/mol. The molecule has 1 fully saturated rings. The lowest BCUT2D eigenvalue weighted by Crippen LogP contribution is -2.54. The largest absolute Gasteiger partial charge is 0.459 e. The molecule has 1 aliphatic rings. The Morgan fingerprint density at radius 3 is 1.56 bits per heavy atom. The minimum atomic E-state index is -0.308. The molecule has 0 bridgehead atoms. The molecule has 0 aromatic rings. The quantitative estimate of drug-likeness (QED) is 0.210. The number of rotatable bonds is 18. The second-order valence-corrected chi connectivity index (χ2v) is 9.13. The standard InChI is InChI=1S/C24H47NO2/c1-4-5-6-7-8-9-10-11-12-13-14-15-16-17-18-19-23(26)27-24(2,3)22-20-25-21-22/h22,25H,4-21H2,1-3H3. The van der Waals surface area contributed by atoms with E-state index in [9.17, 15) is 4.79 Å². The maximum Gasteiger partial charge on any atom is 0.306 e. The van der Waals surface area contributed by atoms with Crippen molar-refractivity contribution >= 4 is 5.97 Å². The minimum Gasteiger partial charge on any atom is -0.459 e. The summed E-state index contributed by atoms with van der Waals surface area (Å²) in [7, 11) is 0. The second kappa shape index (κ2) is 15.4. The Hall–Kier alpha value is -0.570. The maximum absolute atomic E-state index is 12.0. The minimum absolute atomic E-state index is 0.0124. The van der Waals surface area contributed by atoms with Crippen molar-refractivity contribution in [3.05, 3.63) is 0 Å². The van der Waals surface area contributed by atoms with Crippen LogP contribution in [0.1, 0.15) is 124 Å². The highest BCUT2D eigenvalue weighted by molar-refractivity contribution is 5.69. The van der Waals surface area contributed by atoms with Crippen molar-refractivity contribution in [1.29, 1.82) is 0 Å². The van der Waals surface area contributed by atoms with Crippen LogP contribution >= 0.6 is 0 Å². The molecule has 0 spiro atoms. The van der Waals surface area contributed by atoms with Crippen LogP contribution in [0.3, 0.4) is 0 Å². The highest BCUT2D eigenvalue weighted by Crippen LogP contribution is 2.25. The van der Waals surface area contributed by atoms with Gasteiger partial charge in [0, 0.05) is 25.4 Å². The molecular weight excluding hydrogens is 334 g/mol. The first-order chi connectivity index (χ1) is 13.1. The van der Waals surface area contributed by atoms with Crippen molar-refractivity contribution in [2.45, 2.75) is 129 Å². The normalized spacial score (nSPS) is 14.9. The van der Waals surface area contributed by atoms with Gasteiger partial charge < -0.3 is 10.1 Å². The van der Waals surface area contributed by atoms with E-state index in [4.69, 9.17) is 4.74 Å². The van der Waals surface area contributed by atoms with Gasteiger partial charge in [0.05, 0.1) is 0 Å². The zero-order chi connectivity index (χ0) is 19.8. The van der Waals surface area contributed by atoms with Crippen molar-refractivity contribution in [3.8, 4) is 0 Å². The van der Waals surface area contributed by atoms with Crippen molar-refractivity contribution in [2.24, 2.45) is 5.92 Å². The molecule has 0 aromatic carbocycles. The van der Waals surface area contributed by atoms with Crippen LogP contribution in [-0.4, -0.2) is 24.7 Å². The topological polar surface area (TPSA) is 38.3 Å². The van der Waals surface area contributed by atoms with E-state index in [1.807, 2.05) is 13.8 Å². The molecule has 3 nitrogen and oxygen atoms in total. The van der Waals surface area contributed by atoms with Crippen LogP contribution in [0.25, 0.3) is 0 Å². The van der Waals surface area contributed by atoms with Gasteiger partial charge in [0.2, 0.25) is 0 Å². The molecule has 0 amide bonds. The molecule has 0 saturated carbocycles. The van der Waals surface area contributed by atoms with E-state index >= 15 is 0 Å². The third-order valence-corrected chi connectivity index (χ3v) is 6.13. The Balaban J connectivity index is 1.79. The molecule has 0 atom stereocenters. The van der Waals surface area contributed by atoms with E-state index < -0.39 is 0 Å². The van der Waals surface area contributed by atoms with Crippen molar-refractivity contribution in [2.75, 3.05) is 13.1 Å².